The number of rotatable bonds is 9. The summed E-state index contributed by atoms with van der Waals surface area (Å²) in [6.07, 6.45) is 6.54. The molecule has 1 aliphatic heterocycles. The van der Waals surface area contributed by atoms with Crippen LogP contribution in [0.5, 0.6) is 5.75 Å². The molecule has 3 aromatic rings. The zero-order valence-electron chi connectivity index (χ0n) is 18.6. The molecule has 5 nitrogen and oxygen atoms in total. The Morgan fingerprint density at radius 1 is 1.22 bits per heavy atom. The Morgan fingerprint density at radius 3 is 2.84 bits per heavy atom. The molecule has 6 heteroatoms. The lowest BCUT2D eigenvalue weighted by Gasteiger charge is -2.24. The lowest BCUT2D eigenvalue weighted by Crippen LogP contribution is -2.33. The molecule has 0 radical (unpaired) electrons. The van der Waals surface area contributed by atoms with Crippen LogP contribution in [0.25, 0.3) is 16.5 Å². The van der Waals surface area contributed by atoms with Gasteiger partial charge >= 0.3 is 5.97 Å². The van der Waals surface area contributed by atoms with Crippen molar-refractivity contribution < 1.29 is 14.3 Å². The highest BCUT2D eigenvalue weighted by Gasteiger charge is 2.18. The largest absolute Gasteiger partial charge is 0.496 e. The molecule has 0 aliphatic carbocycles. The molecule has 0 amide bonds. The van der Waals surface area contributed by atoms with E-state index in [-0.39, 0.29) is 5.97 Å². The van der Waals surface area contributed by atoms with Crippen molar-refractivity contribution in [1.29, 1.82) is 0 Å². The summed E-state index contributed by atoms with van der Waals surface area (Å²) < 4.78 is 10.6. The summed E-state index contributed by atoms with van der Waals surface area (Å²) in [7, 11) is 1.58. The zero-order chi connectivity index (χ0) is 22.3. The van der Waals surface area contributed by atoms with E-state index in [1.807, 2.05) is 30.1 Å². The summed E-state index contributed by atoms with van der Waals surface area (Å²) in [5.41, 5.74) is 5.38. The van der Waals surface area contributed by atoms with Crippen LogP contribution < -0.4 is 10.1 Å². The predicted molar refractivity (Wildman–Crippen MR) is 132 cm³/mol. The molecule has 1 aromatic heterocycles. The molecule has 1 aliphatic rings. The summed E-state index contributed by atoms with van der Waals surface area (Å²) in [6.45, 7) is 3.07. The number of carbonyl (C=O) groups excluding carboxylic acids is 1. The molecule has 168 valence electrons. The van der Waals surface area contributed by atoms with E-state index in [9.17, 15) is 4.79 Å². The lowest BCUT2D eigenvalue weighted by atomic mass is 9.94. The molecular formula is C26H30N2O3S. The van der Waals surface area contributed by atoms with Gasteiger partial charge in [-0.05, 0) is 54.4 Å². The number of carbonyl (C=O) groups is 1. The Balaban J connectivity index is 1.34. The van der Waals surface area contributed by atoms with E-state index in [0.717, 1.165) is 41.8 Å². The van der Waals surface area contributed by atoms with Crippen molar-refractivity contribution in [2.45, 2.75) is 31.6 Å². The number of benzene rings is 2. The van der Waals surface area contributed by atoms with Crippen LogP contribution in [0.1, 0.15) is 41.3 Å². The molecule has 2 heterocycles. The van der Waals surface area contributed by atoms with Crippen LogP contribution in [-0.4, -0.2) is 43.0 Å². The minimum absolute atomic E-state index is 0.338. The van der Waals surface area contributed by atoms with Crippen molar-refractivity contribution in [2.75, 3.05) is 26.0 Å². The van der Waals surface area contributed by atoms with E-state index in [0.29, 0.717) is 24.0 Å². The first-order valence-electron chi connectivity index (χ1n) is 11.1. The van der Waals surface area contributed by atoms with E-state index >= 15 is 0 Å². The van der Waals surface area contributed by atoms with Gasteiger partial charge in [0.05, 0.1) is 13.7 Å². The van der Waals surface area contributed by atoms with Gasteiger partial charge in [-0.25, -0.2) is 4.79 Å². The second-order valence-electron chi connectivity index (χ2n) is 7.88. The fourth-order valence-corrected chi connectivity index (χ4v) is 5.19. The van der Waals surface area contributed by atoms with E-state index in [1.165, 1.54) is 16.7 Å². The average molecular weight is 451 g/mol. The third kappa shape index (κ3) is 5.19. The summed E-state index contributed by atoms with van der Waals surface area (Å²) in [4.78, 5) is 15.5. The molecular weight excluding hydrogens is 420 g/mol. The first-order valence-corrected chi connectivity index (χ1v) is 12.3. The van der Waals surface area contributed by atoms with E-state index in [1.54, 1.807) is 14.0 Å². The van der Waals surface area contributed by atoms with Crippen molar-refractivity contribution >= 4 is 34.2 Å². The fourth-order valence-electron chi connectivity index (χ4n) is 4.13. The van der Waals surface area contributed by atoms with Crippen LogP contribution in [-0.2, 0) is 10.5 Å². The van der Waals surface area contributed by atoms with Crippen molar-refractivity contribution in [3.05, 3.63) is 71.4 Å². The number of H-pyrrole nitrogens is 1. The van der Waals surface area contributed by atoms with Gasteiger partial charge in [-0.3, -0.25) is 0 Å². The third-order valence-electron chi connectivity index (χ3n) is 5.82. The normalized spacial score (nSPS) is 16.1. The predicted octanol–water partition coefficient (Wildman–Crippen LogP) is 5.42. The maximum Gasteiger partial charge on any atom is 0.341 e. The molecule has 2 aromatic carbocycles. The van der Waals surface area contributed by atoms with E-state index < -0.39 is 0 Å². The molecule has 1 unspecified atom stereocenters. The van der Waals surface area contributed by atoms with Gasteiger partial charge in [0.15, 0.2) is 0 Å². The van der Waals surface area contributed by atoms with Crippen LogP contribution >= 0.6 is 11.8 Å². The minimum atomic E-state index is -0.360. The van der Waals surface area contributed by atoms with Gasteiger partial charge in [0.1, 0.15) is 11.3 Å². The standard InChI is InChI=1S/C26H30N2O3S/c1-3-31-26(29)23-14-24-22(15-25(23)30-2)20(16-28-24)17-32-12-10-21-13-19(9-11-27-21)18-7-5-4-6-8-18/h4-9,14-16,21,27-28H,3,10-13,17H2,1-2H3. The van der Waals surface area contributed by atoms with Crippen LogP contribution in [0.15, 0.2) is 54.7 Å². The number of thioether (sulfide) groups is 1. The first-order chi connectivity index (χ1) is 15.7. The Morgan fingerprint density at radius 2 is 2.06 bits per heavy atom. The number of fused-ring (bicyclic) bond motifs is 1. The molecule has 4 rings (SSSR count). The maximum absolute atomic E-state index is 12.2. The molecule has 0 bridgehead atoms. The van der Waals surface area contributed by atoms with E-state index in [4.69, 9.17) is 9.47 Å². The number of aromatic nitrogens is 1. The number of methoxy groups -OCH3 is 1. The highest BCUT2D eigenvalue weighted by molar-refractivity contribution is 7.98. The lowest BCUT2D eigenvalue weighted by molar-refractivity contribution is 0.0523. The molecule has 0 saturated carbocycles. The molecule has 2 N–H and O–H groups in total. The van der Waals surface area contributed by atoms with Gasteiger partial charge in [0.2, 0.25) is 0 Å². The summed E-state index contributed by atoms with van der Waals surface area (Å²) in [5.74, 6) is 2.19. The summed E-state index contributed by atoms with van der Waals surface area (Å²) >= 11 is 1.94. The van der Waals surface area contributed by atoms with Crippen molar-refractivity contribution in [1.82, 2.24) is 10.3 Å². The quantitative estimate of drug-likeness (QED) is 0.337. The SMILES string of the molecule is CCOC(=O)c1cc2[nH]cc(CSCCC3CC(c4ccccc4)=CCN3)c2cc1OC. The molecule has 1 atom stereocenters. The van der Waals surface area contributed by atoms with Crippen molar-refractivity contribution in [3.63, 3.8) is 0 Å². The monoisotopic (exact) mass is 450 g/mol. The summed E-state index contributed by atoms with van der Waals surface area (Å²) in [5, 5.41) is 4.72. The number of esters is 1. The van der Waals surface area contributed by atoms with Crippen LogP contribution in [0.2, 0.25) is 0 Å². The number of ether oxygens (including phenoxy) is 2. The van der Waals surface area contributed by atoms with Gasteiger partial charge in [-0.1, -0.05) is 36.4 Å². The average Bonchev–Trinajstić information content (AvgIpc) is 3.23. The fraction of sp³-hybridized carbons (Fsp3) is 0.346. The van der Waals surface area contributed by atoms with Gasteiger partial charge in [0.25, 0.3) is 0 Å². The van der Waals surface area contributed by atoms with Gasteiger partial charge < -0.3 is 19.8 Å². The van der Waals surface area contributed by atoms with Gasteiger partial charge in [0, 0.05) is 35.4 Å². The third-order valence-corrected chi connectivity index (χ3v) is 6.86. The maximum atomic E-state index is 12.2. The second kappa shape index (κ2) is 10.7. The molecule has 0 saturated heterocycles. The Hall–Kier alpha value is -2.70. The van der Waals surface area contributed by atoms with Crippen LogP contribution in [0.3, 0.4) is 0 Å². The Labute approximate surface area is 193 Å². The number of aromatic amines is 1. The van der Waals surface area contributed by atoms with Crippen LogP contribution in [0, 0.1) is 0 Å². The number of hydrogen-bond acceptors (Lipinski definition) is 5. The summed E-state index contributed by atoms with van der Waals surface area (Å²) in [6, 6.07) is 14.9. The number of nitrogens with one attached hydrogen (secondary N) is 2. The van der Waals surface area contributed by atoms with Gasteiger partial charge in [-0.15, -0.1) is 0 Å². The minimum Gasteiger partial charge on any atom is -0.496 e. The highest BCUT2D eigenvalue weighted by Crippen LogP contribution is 2.31. The molecule has 0 spiro atoms. The second-order valence-corrected chi connectivity index (χ2v) is 8.98. The first kappa shape index (κ1) is 22.5. The van der Waals surface area contributed by atoms with Crippen LogP contribution in [0.4, 0.5) is 0 Å². The Bertz CT molecular complexity index is 1090. The molecule has 32 heavy (non-hydrogen) atoms. The van der Waals surface area contributed by atoms with E-state index in [2.05, 4.69) is 46.7 Å². The van der Waals surface area contributed by atoms with Crippen molar-refractivity contribution in [3.8, 4) is 5.75 Å². The zero-order valence-corrected chi connectivity index (χ0v) is 19.5. The smallest absolute Gasteiger partial charge is 0.341 e. The van der Waals surface area contributed by atoms with Gasteiger partial charge in [-0.2, -0.15) is 11.8 Å². The highest BCUT2D eigenvalue weighted by atomic mass is 32.2. The molecule has 0 fully saturated rings. The Kier molecular flexibility index (Phi) is 7.55. The van der Waals surface area contributed by atoms with Crippen molar-refractivity contribution in [2.24, 2.45) is 0 Å². The number of hydrogen-bond donors (Lipinski definition) is 2. The topological polar surface area (TPSA) is 63.4 Å².